The highest BCUT2D eigenvalue weighted by Crippen LogP contribution is 2.37. The van der Waals surface area contributed by atoms with Crippen LogP contribution in [0.25, 0.3) is 11.3 Å². The fraction of sp³-hybridized carbons (Fsp3) is 0.160. The average Bonchev–Trinajstić information content (AvgIpc) is 3.64. The molecule has 0 saturated carbocycles. The molecule has 1 aliphatic heterocycles. The summed E-state index contributed by atoms with van der Waals surface area (Å²) in [4.78, 5) is 23.4. The molecule has 5 aromatic rings. The number of halogens is 2. The van der Waals surface area contributed by atoms with Gasteiger partial charge in [0.2, 0.25) is 0 Å². The average molecular weight is 486 g/mol. The molecule has 0 spiro atoms. The van der Waals surface area contributed by atoms with Gasteiger partial charge in [-0.2, -0.15) is 10.2 Å². The van der Waals surface area contributed by atoms with Gasteiger partial charge in [-0.05, 0) is 54.8 Å². The van der Waals surface area contributed by atoms with Gasteiger partial charge in [0.05, 0.1) is 35.2 Å². The minimum absolute atomic E-state index is 0.160. The normalized spacial score (nSPS) is 15.5. The fourth-order valence-corrected chi connectivity index (χ4v) is 4.63. The van der Waals surface area contributed by atoms with E-state index in [4.69, 9.17) is 0 Å². The van der Waals surface area contributed by atoms with Gasteiger partial charge in [0, 0.05) is 24.5 Å². The topological polar surface area (TPSA) is 93.2 Å². The van der Waals surface area contributed by atoms with E-state index in [-0.39, 0.29) is 11.9 Å². The van der Waals surface area contributed by atoms with E-state index in [1.807, 2.05) is 12.1 Å². The number of amides is 1. The van der Waals surface area contributed by atoms with Crippen LogP contribution in [0, 0.1) is 11.6 Å². The molecule has 0 aliphatic carbocycles. The monoisotopic (exact) mass is 486 g/mol. The van der Waals surface area contributed by atoms with Gasteiger partial charge in [0.15, 0.2) is 5.82 Å². The van der Waals surface area contributed by atoms with Crippen molar-refractivity contribution < 1.29 is 13.6 Å². The summed E-state index contributed by atoms with van der Waals surface area (Å²) in [6, 6.07) is 10.7. The highest BCUT2D eigenvalue weighted by molar-refractivity contribution is 6.09. The molecule has 1 unspecified atom stereocenters. The number of carbonyl (C=O) groups is 1. The summed E-state index contributed by atoms with van der Waals surface area (Å²) in [6.07, 6.45) is 9.44. The number of benzene rings is 1. The Morgan fingerprint density at radius 3 is 2.64 bits per heavy atom. The zero-order valence-corrected chi connectivity index (χ0v) is 18.9. The Kier molecular flexibility index (Phi) is 5.36. The van der Waals surface area contributed by atoms with Crippen molar-refractivity contribution in [2.45, 2.75) is 18.9 Å². The molecule has 0 bridgehead atoms. The van der Waals surface area contributed by atoms with Crippen molar-refractivity contribution in [3.05, 3.63) is 96.5 Å². The van der Waals surface area contributed by atoms with Gasteiger partial charge in [0.1, 0.15) is 24.3 Å². The maximum absolute atomic E-state index is 13.9. The molecule has 1 N–H and O–H groups in total. The Labute approximate surface area is 204 Å². The first-order chi connectivity index (χ1) is 17.5. The zero-order chi connectivity index (χ0) is 24.6. The number of fused-ring (bicyclic) bond motifs is 1. The lowest BCUT2D eigenvalue weighted by Crippen LogP contribution is -2.23. The molecule has 1 aromatic carbocycles. The summed E-state index contributed by atoms with van der Waals surface area (Å²) >= 11 is 0. The number of anilines is 2. The summed E-state index contributed by atoms with van der Waals surface area (Å²) in [5, 5.41) is 11.2. The molecule has 1 fully saturated rings. The molecular weight excluding hydrogens is 466 g/mol. The quantitative estimate of drug-likeness (QED) is 0.401. The lowest BCUT2D eigenvalue weighted by molar-refractivity contribution is 0.102. The van der Waals surface area contributed by atoms with Crippen molar-refractivity contribution >= 4 is 22.8 Å². The van der Waals surface area contributed by atoms with Crippen LogP contribution in [0.1, 0.15) is 34.8 Å². The molecule has 9 nitrogen and oxygen atoms in total. The number of hydrogen-bond acceptors (Lipinski definition) is 6. The van der Waals surface area contributed by atoms with Crippen LogP contribution >= 0.6 is 0 Å². The summed E-state index contributed by atoms with van der Waals surface area (Å²) in [5.41, 5.74) is 2.98. The second-order valence-electron chi connectivity index (χ2n) is 8.53. The molecular formula is C25H20F2N8O. The molecule has 0 radical (unpaired) electrons. The number of nitrogens with one attached hydrogen (secondary N) is 1. The van der Waals surface area contributed by atoms with E-state index >= 15 is 0 Å². The van der Waals surface area contributed by atoms with Gasteiger partial charge in [-0.15, -0.1) is 0 Å². The molecule has 1 aliphatic rings. The van der Waals surface area contributed by atoms with Crippen LogP contribution in [0.4, 0.5) is 20.2 Å². The Balaban J connectivity index is 1.26. The standard InChI is InChI=1S/C25H20F2N8O/c26-17-8-16(9-18(27)10-17)22-2-1-6-33(22)20-5-7-34-23(11-20)21(13-30-34)25(36)32-19-3-4-24(29-12-19)35-15-28-14-31-35/h3-5,7-15,22H,1-2,6H2,(H,32,36). The van der Waals surface area contributed by atoms with Crippen molar-refractivity contribution in [1.29, 1.82) is 0 Å². The third-order valence-electron chi connectivity index (χ3n) is 6.26. The van der Waals surface area contributed by atoms with Crippen molar-refractivity contribution in [2.75, 3.05) is 16.8 Å². The Hall–Kier alpha value is -4.67. The predicted molar refractivity (Wildman–Crippen MR) is 128 cm³/mol. The van der Waals surface area contributed by atoms with Crippen molar-refractivity contribution in [2.24, 2.45) is 0 Å². The van der Waals surface area contributed by atoms with Crippen LogP contribution < -0.4 is 10.2 Å². The lowest BCUT2D eigenvalue weighted by Gasteiger charge is -2.27. The minimum atomic E-state index is -0.592. The number of pyridine rings is 2. The zero-order valence-electron chi connectivity index (χ0n) is 18.9. The second kappa shape index (κ2) is 8.84. The van der Waals surface area contributed by atoms with Gasteiger partial charge >= 0.3 is 0 Å². The molecule has 6 rings (SSSR count). The van der Waals surface area contributed by atoms with Gasteiger partial charge in [-0.1, -0.05) is 0 Å². The first-order valence-electron chi connectivity index (χ1n) is 11.4. The minimum Gasteiger partial charge on any atom is -0.364 e. The van der Waals surface area contributed by atoms with Gasteiger partial charge in [0.25, 0.3) is 5.91 Å². The fourth-order valence-electron chi connectivity index (χ4n) is 4.63. The smallest absolute Gasteiger partial charge is 0.259 e. The molecule has 1 atom stereocenters. The molecule has 11 heteroatoms. The number of carbonyl (C=O) groups excluding carboxylic acids is 1. The maximum Gasteiger partial charge on any atom is 0.259 e. The van der Waals surface area contributed by atoms with Crippen LogP contribution in [0.15, 0.2) is 73.7 Å². The first-order valence-corrected chi connectivity index (χ1v) is 11.4. The number of rotatable bonds is 5. The third kappa shape index (κ3) is 4.04. The Morgan fingerprint density at radius 2 is 1.89 bits per heavy atom. The van der Waals surface area contributed by atoms with Gasteiger partial charge in [-0.25, -0.2) is 27.9 Å². The van der Waals surface area contributed by atoms with Gasteiger partial charge < -0.3 is 10.2 Å². The lowest BCUT2D eigenvalue weighted by atomic mass is 10.0. The van der Waals surface area contributed by atoms with E-state index in [0.717, 1.165) is 31.1 Å². The molecule has 4 aromatic heterocycles. The van der Waals surface area contributed by atoms with Crippen molar-refractivity contribution in [3.63, 3.8) is 0 Å². The molecule has 1 amide bonds. The highest BCUT2D eigenvalue weighted by atomic mass is 19.1. The number of hydrogen-bond donors (Lipinski definition) is 1. The number of nitrogens with zero attached hydrogens (tertiary/aromatic N) is 7. The molecule has 36 heavy (non-hydrogen) atoms. The summed E-state index contributed by atoms with van der Waals surface area (Å²) < 4.78 is 30.9. The van der Waals surface area contributed by atoms with E-state index in [1.54, 1.807) is 29.0 Å². The second-order valence-corrected chi connectivity index (χ2v) is 8.53. The highest BCUT2D eigenvalue weighted by Gasteiger charge is 2.28. The molecule has 180 valence electrons. The third-order valence-corrected chi connectivity index (χ3v) is 6.26. The van der Waals surface area contributed by atoms with E-state index in [0.29, 0.717) is 28.1 Å². The van der Waals surface area contributed by atoms with E-state index in [9.17, 15) is 13.6 Å². The molecule has 5 heterocycles. The molecule has 1 saturated heterocycles. The Morgan fingerprint density at radius 1 is 1.03 bits per heavy atom. The summed E-state index contributed by atoms with van der Waals surface area (Å²) in [7, 11) is 0. The SMILES string of the molecule is O=C(Nc1ccc(-n2cncn2)nc1)c1cnn2ccc(N3CCCC3c3cc(F)cc(F)c3)cc12. The van der Waals surface area contributed by atoms with Crippen LogP contribution in [0.5, 0.6) is 0 Å². The van der Waals surface area contributed by atoms with Crippen LogP contribution in [0.3, 0.4) is 0 Å². The Bertz CT molecular complexity index is 1530. The van der Waals surface area contributed by atoms with Crippen molar-refractivity contribution in [3.8, 4) is 5.82 Å². The first kappa shape index (κ1) is 21.8. The van der Waals surface area contributed by atoms with Crippen LogP contribution in [0.2, 0.25) is 0 Å². The maximum atomic E-state index is 13.9. The number of aromatic nitrogens is 6. The summed E-state index contributed by atoms with van der Waals surface area (Å²) in [6.45, 7) is 0.735. The van der Waals surface area contributed by atoms with E-state index in [1.165, 1.54) is 35.7 Å². The van der Waals surface area contributed by atoms with Gasteiger partial charge in [-0.3, -0.25) is 4.79 Å². The van der Waals surface area contributed by atoms with E-state index < -0.39 is 11.6 Å². The van der Waals surface area contributed by atoms with Crippen molar-refractivity contribution in [1.82, 2.24) is 29.4 Å². The largest absolute Gasteiger partial charge is 0.364 e. The van der Waals surface area contributed by atoms with E-state index in [2.05, 4.69) is 30.4 Å². The summed E-state index contributed by atoms with van der Waals surface area (Å²) in [5.74, 6) is -0.941. The van der Waals surface area contributed by atoms with Crippen LogP contribution in [-0.2, 0) is 0 Å². The predicted octanol–water partition coefficient (Wildman–Crippen LogP) is 4.18. The van der Waals surface area contributed by atoms with Crippen LogP contribution in [-0.4, -0.2) is 41.8 Å².